The van der Waals surface area contributed by atoms with E-state index >= 15 is 0 Å². The minimum absolute atomic E-state index is 0.293. The van der Waals surface area contributed by atoms with E-state index < -0.39 is 11.5 Å². The summed E-state index contributed by atoms with van der Waals surface area (Å²) in [6.45, 7) is 10.1. The van der Waals surface area contributed by atoms with Crippen molar-refractivity contribution >= 4 is 5.97 Å². The van der Waals surface area contributed by atoms with E-state index in [0.29, 0.717) is 12.3 Å². The second-order valence-corrected chi connectivity index (χ2v) is 6.28. The molecule has 0 amide bonds. The summed E-state index contributed by atoms with van der Waals surface area (Å²) in [6.07, 6.45) is 2.34. The Morgan fingerprint density at radius 2 is 1.80 bits per heavy atom. The highest BCUT2D eigenvalue weighted by molar-refractivity contribution is 5.77. The number of nitrogens with two attached hydrogens (primary N) is 1. The Labute approximate surface area is 122 Å². The number of rotatable bonds is 6. The van der Waals surface area contributed by atoms with Crippen LogP contribution in [0.4, 0.5) is 0 Å². The molecule has 0 radical (unpaired) electrons. The summed E-state index contributed by atoms with van der Waals surface area (Å²) in [5, 5.41) is 9.17. The molecule has 20 heavy (non-hydrogen) atoms. The van der Waals surface area contributed by atoms with Gasteiger partial charge in [-0.2, -0.15) is 0 Å². The maximum absolute atomic E-state index is 11.2. The number of carboxylic acids is 1. The molecule has 0 saturated heterocycles. The summed E-state index contributed by atoms with van der Waals surface area (Å²) < 4.78 is 0. The quantitative estimate of drug-likeness (QED) is 0.838. The molecule has 0 aliphatic rings. The van der Waals surface area contributed by atoms with Crippen molar-refractivity contribution < 1.29 is 9.90 Å². The number of carboxylic acid groups (broad SMARTS) is 1. The lowest BCUT2D eigenvalue weighted by molar-refractivity contribution is -0.143. The van der Waals surface area contributed by atoms with Gasteiger partial charge in [-0.25, -0.2) is 0 Å². The molecule has 2 atom stereocenters. The van der Waals surface area contributed by atoms with E-state index in [2.05, 4.69) is 39.8 Å². The highest BCUT2D eigenvalue weighted by Gasteiger charge is 2.31. The summed E-state index contributed by atoms with van der Waals surface area (Å²) in [7, 11) is 0. The van der Waals surface area contributed by atoms with Gasteiger partial charge < -0.3 is 10.8 Å². The third-order valence-electron chi connectivity index (χ3n) is 4.11. The van der Waals surface area contributed by atoms with Gasteiger partial charge in [0, 0.05) is 0 Å². The van der Waals surface area contributed by atoms with Crippen LogP contribution in [0.2, 0.25) is 0 Å². The molecule has 1 aromatic carbocycles. The summed E-state index contributed by atoms with van der Waals surface area (Å²) in [4.78, 5) is 11.2. The molecule has 1 aromatic rings. The predicted molar refractivity (Wildman–Crippen MR) is 83.0 cm³/mol. The van der Waals surface area contributed by atoms with Crippen LogP contribution in [0, 0.1) is 26.7 Å². The lowest BCUT2D eigenvalue weighted by Crippen LogP contribution is -2.46. The molecule has 2 unspecified atom stereocenters. The second-order valence-electron chi connectivity index (χ2n) is 6.28. The third kappa shape index (κ3) is 4.07. The lowest BCUT2D eigenvalue weighted by atomic mass is 9.82. The molecule has 1 rings (SSSR count). The zero-order chi connectivity index (χ0) is 15.5. The summed E-state index contributed by atoms with van der Waals surface area (Å²) >= 11 is 0. The first-order valence-corrected chi connectivity index (χ1v) is 7.26. The van der Waals surface area contributed by atoms with Gasteiger partial charge in [-0.15, -0.1) is 0 Å². The van der Waals surface area contributed by atoms with Crippen molar-refractivity contribution in [1.82, 2.24) is 0 Å². The summed E-state index contributed by atoms with van der Waals surface area (Å²) in [5.41, 5.74) is 9.92. The SMILES string of the molecule is CCC(Cc1c(C)cc(C)cc1C)CC(C)(N)C(=O)O. The van der Waals surface area contributed by atoms with Gasteiger partial charge in [0.25, 0.3) is 0 Å². The molecular weight excluding hydrogens is 250 g/mol. The Morgan fingerprint density at radius 1 is 1.30 bits per heavy atom. The van der Waals surface area contributed by atoms with Crippen molar-refractivity contribution in [2.75, 3.05) is 0 Å². The van der Waals surface area contributed by atoms with Crippen molar-refractivity contribution in [1.29, 1.82) is 0 Å². The van der Waals surface area contributed by atoms with Gasteiger partial charge in [-0.05, 0) is 63.1 Å². The first kappa shape index (κ1) is 16.7. The molecule has 112 valence electrons. The summed E-state index contributed by atoms with van der Waals surface area (Å²) in [6, 6.07) is 4.38. The predicted octanol–water partition coefficient (Wildman–Crippen LogP) is 3.37. The fourth-order valence-corrected chi connectivity index (χ4v) is 2.87. The van der Waals surface area contributed by atoms with Crippen molar-refractivity contribution in [2.45, 2.75) is 59.4 Å². The largest absolute Gasteiger partial charge is 0.480 e. The van der Waals surface area contributed by atoms with Crippen LogP contribution >= 0.6 is 0 Å². The van der Waals surface area contributed by atoms with Crippen LogP contribution in [0.15, 0.2) is 12.1 Å². The molecule has 3 nitrogen and oxygen atoms in total. The minimum atomic E-state index is -1.15. The molecule has 0 aliphatic carbocycles. The summed E-state index contributed by atoms with van der Waals surface area (Å²) in [5.74, 6) is -0.630. The maximum Gasteiger partial charge on any atom is 0.323 e. The van der Waals surface area contributed by atoms with Gasteiger partial charge in [-0.3, -0.25) is 4.79 Å². The van der Waals surface area contributed by atoms with Crippen LogP contribution < -0.4 is 5.73 Å². The molecule has 0 fully saturated rings. The number of carbonyl (C=O) groups is 1. The Bertz CT molecular complexity index is 469. The normalized spacial score (nSPS) is 15.7. The number of aryl methyl sites for hydroxylation is 3. The van der Waals surface area contributed by atoms with Crippen LogP contribution in [0.1, 0.15) is 48.9 Å². The average Bonchev–Trinajstić information content (AvgIpc) is 2.31. The average molecular weight is 277 g/mol. The van der Waals surface area contributed by atoms with E-state index in [1.165, 1.54) is 22.3 Å². The number of aliphatic carboxylic acids is 1. The molecular formula is C17H27NO2. The molecule has 0 bridgehead atoms. The molecule has 3 heteroatoms. The van der Waals surface area contributed by atoms with E-state index in [1.807, 2.05) is 0 Å². The van der Waals surface area contributed by atoms with E-state index in [9.17, 15) is 9.90 Å². The number of hydrogen-bond donors (Lipinski definition) is 2. The molecule has 0 spiro atoms. The van der Waals surface area contributed by atoms with Crippen LogP contribution in [-0.4, -0.2) is 16.6 Å². The van der Waals surface area contributed by atoms with Crippen molar-refractivity contribution in [3.05, 3.63) is 34.4 Å². The standard InChI is InChI=1S/C17H27NO2/c1-6-14(10-17(5,18)16(19)20)9-15-12(3)7-11(2)8-13(15)4/h7-8,14H,6,9-10,18H2,1-5H3,(H,19,20). The number of hydrogen-bond acceptors (Lipinski definition) is 2. The van der Waals surface area contributed by atoms with E-state index in [4.69, 9.17) is 5.73 Å². The fourth-order valence-electron chi connectivity index (χ4n) is 2.87. The molecule has 0 aliphatic heterocycles. The topological polar surface area (TPSA) is 63.3 Å². The number of benzene rings is 1. The van der Waals surface area contributed by atoms with Crippen LogP contribution in [0.5, 0.6) is 0 Å². The van der Waals surface area contributed by atoms with Gasteiger partial charge in [0.2, 0.25) is 0 Å². The van der Waals surface area contributed by atoms with Gasteiger partial charge >= 0.3 is 5.97 Å². The first-order chi connectivity index (χ1) is 9.17. The maximum atomic E-state index is 11.2. The van der Waals surface area contributed by atoms with Crippen molar-refractivity contribution in [2.24, 2.45) is 11.7 Å². The highest BCUT2D eigenvalue weighted by atomic mass is 16.4. The highest BCUT2D eigenvalue weighted by Crippen LogP contribution is 2.26. The van der Waals surface area contributed by atoms with Crippen molar-refractivity contribution in [3.63, 3.8) is 0 Å². The first-order valence-electron chi connectivity index (χ1n) is 7.26. The van der Waals surface area contributed by atoms with Gasteiger partial charge in [0.1, 0.15) is 5.54 Å². The van der Waals surface area contributed by atoms with Crippen LogP contribution in [0.25, 0.3) is 0 Å². The Morgan fingerprint density at radius 3 is 2.20 bits per heavy atom. The monoisotopic (exact) mass is 277 g/mol. The molecule has 0 aromatic heterocycles. The second kappa shape index (κ2) is 6.40. The third-order valence-corrected chi connectivity index (χ3v) is 4.11. The fraction of sp³-hybridized carbons (Fsp3) is 0.588. The van der Waals surface area contributed by atoms with Crippen molar-refractivity contribution in [3.8, 4) is 0 Å². The Balaban J connectivity index is 2.92. The molecule has 0 saturated carbocycles. The zero-order valence-corrected chi connectivity index (χ0v) is 13.3. The minimum Gasteiger partial charge on any atom is -0.480 e. The molecule has 3 N–H and O–H groups in total. The van der Waals surface area contributed by atoms with E-state index in [1.54, 1.807) is 6.92 Å². The zero-order valence-electron chi connectivity index (χ0n) is 13.3. The van der Waals surface area contributed by atoms with E-state index in [-0.39, 0.29) is 0 Å². The van der Waals surface area contributed by atoms with Crippen LogP contribution in [0.3, 0.4) is 0 Å². The van der Waals surface area contributed by atoms with Gasteiger partial charge in [0.15, 0.2) is 0 Å². The Kier molecular flexibility index (Phi) is 5.35. The Hall–Kier alpha value is -1.35. The molecule has 0 heterocycles. The van der Waals surface area contributed by atoms with Gasteiger partial charge in [-0.1, -0.05) is 31.0 Å². The van der Waals surface area contributed by atoms with Gasteiger partial charge in [0.05, 0.1) is 0 Å². The lowest BCUT2D eigenvalue weighted by Gasteiger charge is -2.26. The smallest absolute Gasteiger partial charge is 0.323 e. The van der Waals surface area contributed by atoms with E-state index in [0.717, 1.165) is 12.8 Å². The van der Waals surface area contributed by atoms with Crippen LogP contribution in [-0.2, 0) is 11.2 Å².